The number of para-hydroxylation sites is 1. The maximum Gasteiger partial charge on any atom is 0.337 e. The van der Waals surface area contributed by atoms with Gasteiger partial charge in [0.25, 0.3) is 0 Å². The zero-order valence-electron chi connectivity index (χ0n) is 13.8. The second kappa shape index (κ2) is 7.49. The van der Waals surface area contributed by atoms with E-state index in [-0.39, 0.29) is 5.57 Å². The molecule has 3 nitrogen and oxygen atoms in total. The maximum atomic E-state index is 12.2. The Balaban J connectivity index is 2.38. The first kappa shape index (κ1) is 16.5. The number of hydrogen-bond acceptors (Lipinski definition) is 2. The third-order valence-electron chi connectivity index (χ3n) is 3.97. The first-order chi connectivity index (χ1) is 12.2. The van der Waals surface area contributed by atoms with Crippen LogP contribution in [0.3, 0.4) is 0 Å². The maximum absolute atomic E-state index is 12.2. The number of aliphatic carboxylic acids is 1. The van der Waals surface area contributed by atoms with Gasteiger partial charge in [-0.3, -0.25) is 0 Å². The van der Waals surface area contributed by atoms with Crippen molar-refractivity contribution in [2.75, 3.05) is 7.11 Å². The van der Waals surface area contributed by atoms with Crippen LogP contribution in [0.5, 0.6) is 5.75 Å². The van der Waals surface area contributed by atoms with Crippen LogP contribution in [-0.2, 0) is 4.79 Å². The van der Waals surface area contributed by atoms with Gasteiger partial charge in [-0.2, -0.15) is 0 Å². The first-order valence-electron chi connectivity index (χ1n) is 7.94. The molecule has 0 amide bonds. The highest BCUT2D eigenvalue weighted by Crippen LogP contribution is 2.36. The predicted molar refractivity (Wildman–Crippen MR) is 99.4 cm³/mol. The fourth-order valence-electron chi connectivity index (χ4n) is 2.87. The Morgan fingerprint density at radius 1 is 0.760 bits per heavy atom. The molecule has 3 rings (SSSR count). The lowest BCUT2D eigenvalue weighted by Gasteiger charge is -2.16. The zero-order valence-corrected chi connectivity index (χ0v) is 13.8. The summed E-state index contributed by atoms with van der Waals surface area (Å²) in [7, 11) is 1.54. The standard InChI is InChI=1S/C22H18O3/c1-25-19-15-9-8-14-18(19)21(22(23)24)20(16-10-4-2-5-11-16)17-12-6-3-7-13-17/h2-15H,1H3,(H,23,24). The van der Waals surface area contributed by atoms with E-state index in [1.165, 1.54) is 0 Å². The summed E-state index contributed by atoms with van der Waals surface area (Å²) in [6, 6.07) is 26.3. The van der Waals surface area contributed by atoms with Crippen LogP contribution in [0.2, 0.25) is 0 Å². The van der Waals surface area contributed by atoms with Gasteiger partial charge in [-0.1, -0.05) is 78.9 Å². The molecule has 3 heteroatoms. The third-order valence-corrected chi connectivity index (χ3v) is 3.97. The molecule has 0 bridgehead atoms. The van der Waals surface area contributed by atoms with Crippen LogP contribution in [0.15, 0.2) is 84.9 Å². The van der Waals surface area contributed by atoms with E-state index >= 15 is 0 Å². The molecule has 0 atom stereocenters. The quantitative estimate of drug-likeness (QED) is 0.543. The van der Waals surface area contributed by atoms with Gasteiger partial charge in [-0.25, -0.2) is 4.79 Å². The molecule has 3 aromatic rings. The minimum Gasteiger partial charge on any atom is -0.496 e. The van der Waals surface area contributed by atoms with E-state index in [1.807, 2.05) is 72.8 Å². The average molecular weight is 330 g/mol. The lowest BCUT2D eigenvalue weighted by molar-refractivity contribution is -0.130. The van der Waals surface area contributed by atoms with Crippen molar-refractivity contribution < 1.29 is 14.6 Å². The van der Waals surface area contributed by atoms with Crippen molar-refractivity contribution >= 4 is 17.1 Å². The molecular weight excluding hydrogens is 312 g/mol. The van der Waals surface area contributed by atoms with Crippen LogP contribution in [0.1, 0.15) is 16.7 Å². The molecule has 25 heavy (non-hydrogen) atoms. The van der Waals surface area contributed by atoms with Gasteiger partial charge in [-0.15, -0.1) is 0 Å². The molecule has 124 valence electrons. The van der Waals surface area contributed by atoms with E-state index in [0.29, 0.717) is 16.9 Å². The number of rotatable bonds is 5. The van der Waals surface area contributed by atoms with Gasteiger partial charge in [0, 0.05) is 11.1 Å². The zero-order chi connectivity index (χ0) is 17.6. The van der Waals surface area contributed by atoms with Crippen molar-refractivity contribution in [2.45, 2.75) is 0 Å². The molecule has 0 aliphatic carbocycles. The molecule has 0 aromatic heterocycles. The third kappa shape index (κ3) is 3.45. The number of carboxylic acid groups (broad SMARTS) is 1. The minimum atomic E-state index is -0.993. The van der Waals surface area contributed by atoms with E-state index in [9.17, 15) is 9.90 Å². The molecule has 0 radical (unpaired) electrons. The highest BCUT2D eigenvalue weighted by Gasteiger charge is 2.22. The van der Waals surface area contributed by atoms with Crippen molar-refractivity contribution in [2.24, 2.45) is 0 Å². The predicted octanol–water partition coefficient (Wildman–Crippen LogP) is 4.74. The summed E-state index contributed by atoms with van der Waals surface area (Å²) in [5.41, 5.74) is 3.13. The molecular formula is C22H18O3. The molecule has 0 fully saturated rings. The summed E-state index contributed by atoms with van der Waals surface area (Å²) in [4.78, 5) is 12.2. The molecule has 0 aliphatic rings. The van der Waals surface area contributed by atoms with Crippen LogP contribution in [0.4, 0.5) is 0 Å². The lowest BCUT2D eigenvalue weighted by Crippen LogP contribution is -2.06. The Kier molecular flexibility index (Phi) is 4.95. The summed E-state index contributed by atoms with van der Waals surface area (Å²) in [5.74, 6) is -0.462. The van der Waals surface area contributed by atoms with Gasteiger partial charge in [0.2, 0.25) is 0 Å². The fraction of sp³-hybridized carbons (Fsp3) is 0.0455. The summed E-state index contributed by atoms with van der Waals surface area (Å²) < 4.78 is 5.40. The molecule has 0 saturated carbocycles. The second-order valence-electron chi connectivity index (χ2n) is 5.49. The number of carboxylic acids is 1. The topological polar surface area (TPSA) is 46.5 Å². The molecule has 1 N–H and O–H groups in total. The summed E-state index contributed by atoms with van der Waals surface area (Å²) in [5, 5.41) is 10.0. The van der Waals surface area contributed by atoms with Gasteiger partial charge in [0.15, 0.2) is 0 Å². The van der Waals surface area contributed by atoms with E-state index in [4.69, 9.17) is 4.74 Å². The van der Waals surface area contributed by atoms with Crippen molar-refractivity contribution in [3.05, 3.63) is 102 Å². The second-order valence-corrected chi connectivity index (χ2v) is 5.49. The molecule has 0 spiro atoms. The Hall–Kier alpha value is -3.33. The minimum absolute atomic E-state index is 0.217. The smallest absolute Gasteiger partial charge is 0.337 e. The van der Waals surface area contributed by atoms with E-state index in [2.05, 4.69) is 0 Å². The van der Waals surface area contributed by atoms with Gasteiger partial charge < -0.3 is 9.84 Å². The number of benzene rings is 3. The van der Waals surface area contributed by atoms with Crippen LogP contribution < -0.4 is 4.74 Å². The summed E-state index contributed by atoms with van der Waals surface area (Å²) in [6.45, 7) is 0. The van der Waals surface area contributed by atoms with Crippen molar-refractivity contribution in [3.8, 4) is 5.75 Å². The summed E-state index contributed by atoms with van der Waals surface area (Å²) >= 11 is 0. The highest BCUT2D eigenvalue weighted by molar-refractivity contribution is 6.26. The normalized spacial score (nSPS) is 10.1. The Labute approximate surface area is 146 Å². The lowest BCUT2D eigenvalue weighted by atomic mass is 9.89. The molecule has 3 aromatic carbocycles. The van der Waals surface area contributed by atoms with E-state index in [1.54, 1.807) is 19.2 Å². The molecule has 0 heterocycles. The van der Waals surface area contributed by atoms with Gasteiger partial charge in [-0.05, 0) is 17.2 Å². The van der Waals surface area contributed by atoms with Gasteiger partial charge >= 0.3 is 5.97 Å². The SMILES string of the molecule is COc1ccccc1C(C(=O)O)=C(c1ccccc1)c1ccccc1. The Morgan fingerprint density at radius 2 is 1.24 bits per heavy atom. The van der Waals surface area contributed by atoms with Crippen LogP contribution in [-0.4, -0.2) is 18.2 Å². The van der Waals surface area contributed by atoms with Crippen LogP contribution >= 0.6 is 0 Å². The Morgan fingerprint density at radius 3 is 1.72 bits per heavy atom. The van der Waals surface area contributed by atoms with Crippen molar-refractivity contribution in [1.29, 1.82) is 0 Å². The monoisotopic (exact) mass is 330 g/mol. The number of methoxy groups -OCH3 is 1. The Bertz CT molecular complexity index is 855. The molecule has 0 aliphatic heterocycles. The van der Waals surface area contributed by atoms with Crippen molar-refractivity contribution in [3.63, 3.8) is 0 Å². The van der Waals surface area contributed by atoms with Gasteiger partial charge in [0.1, 0.15) is 5.75 Å². The molecule has 0 saturated heterocycles. The fourth-order valence-corrected chi connectivity index (χ4v) is 2.87. The van der Waals surface area contributed by atoms with Crippen LogP contribution in [0.25, 0.3) is 11.1 Å². The summed E-state index contributed by atoms with van der Waals surface area (Å²) in [6.07, 6.45) is 0. The number of hydrogen-bond donors (Lipinski definition) is 1. The first-order valence-corrected chi connectivity index (χ1v) is 7.94. The largest absolute Gasteiger partial charge is 0.496 e. The average Bonchev–Trinajstić information content (AvgIpc) is 2.67. The van der Waals surface area contributed by atoms with E-state index in [0.717, 1.165) is 11.1 Å². The van der Waals surface area contributed by atoms with Gasteiger partial charge in [0.05, 0.1) is 12.7 Å². The van der Waals surface area contributed by atoms with Crippen LogP contribution in [0, 0.1) is 0 Å². The van der Waals surface area contributed by atoms with Crippen molar-refractivity contribution in [1.82, 2.24) is 0 Å². The highest BCUT2D eigenvalue weighted by atomic mass is 16.5. The molecule has 0 unspecified atom stereocenters. The van der Waals surface area contributed by atoms with E-state index < -0.39 is 5.97 Å². The number of carbonyl (C=O) groups is 1. The number of ether oxygens (including phenoxy) is 1.